The Morgan fingerprint density at radius 3 is 1.59 bits per heavy atom. The number of rotatable bonds is 9. The van der Waals surface area contributed by atoms with Gasteiger partial charge in [-0.3, -0.25) is 20.6 Å². The molecule has 282 valence electrons. The van der Waals surface area contributed by atoms with E-state index in [9.17, 15) is 27.2 Å². The molecule has 0 aliphatic heterocycles. The van der Waals surface area contributed by atoms with Crippen LogP contribution in [0.25, 0.3) is 0 Å². The summed E-state index contributed by atoms with van der Waals surface area (Å²) >= 11 is 0. The van der Waals surface area contributed by atoms with Gasteiger partial charge in [0.05, 0.1) is 0 Å². The lowest BCUT2D eigenvalue weighted by Crippen LogP contribution is -2.46. The van der Waals surface area contributed by atoms with Gasteiger partial charge in [0.2, 0.25) is 5.92 Å². The Morgan fingerprint density at radius 1 is 0.706 bits per heavy atom. The molecule has 0 bridgehead atoms. The normalized spacial score (nSPS) is 17.5. The molecule has 5 rings (SSSR count). The zero-order valence-corrected chi connectivity index (χ0v) is 30.6. The second-order valence-corrected chi connectivity index (χ2v) is 13.8. The Labute approximate surface area is 300 Å². The number of carbonyl (C=O) groups is 2. The minimum Gasteiger partial charge on any atom is -0.341 e. The molecule has 8 nitrogen and oxygen atoms in total. The van der Waals surface area contributed by atoms with Crippen LogP contribution in [0.15, 0.2) is 48.5 Å². The summed E-state index contributed by atoms with van der Waals surface area (Å²) in [6.07, 6.45) is 8.78. The number of urea groups is 2. The summed E-state index contributed by atoms with van der Waals surface area (Å²) in [6.45, 7) is 4.83. The van der Waals surface area contributed by atoms with Crippen molar-refractivity contribution in [2.75, 3.05) is 27.2 Å². The number of hydrogen-bond acceptors (Lipinski definition) is 4. The third kappa shape index (κ3) is 12.6. The largest absolute Gasteiger partial charge is 0.341 e. The number of hydrogen-bond donors (Lipinski definition) is 4. The van der Waals surface area contributed by atoms with Crippen molar-refractivity contribution >= 4 is 23.7 Å². The SMILES string of the molecule is CC.CNC(=O)N(CC1CCC2(CC1)CC2)C(=N)Cc1ccccc1F.CNC(=O)N(CCC1CCC(F)(F)CC1)C(=N)Cc1ccccc1F. The molecule has 4 N–H and O–H groups in total. The molecule has 0 unspecified atom stereocenters. The van der Waals surface area contributed by atoms with Crippen molar-refractivity contribution < 1.29 is 27.2 Å². The molecule has 4 amide bonds. The fraction of sp³-hybridized carbons (Fsp3) is 0.590. The minimum atomic E-state index is -2.57. The smallest absolute Gasteiger partial charge is 0.322 e. The number of alkyl halides is 2. The molecule has 2 aromatic rings. The molecule has 0 saturated heterocycles. The van der Waals surface area contributed by atoms with Gasteiger partial charge in [0.1, 0.15) is 23.3 Å². The van der Waals surface area contributed by atoms with Gasteiger partial charge in [-0.1, -0.05) is 50.2 Å². The van der Waals surface area contributed by atoms with E-state index in [1.54, 1.807) is 43.4 Å². The fourth-order valence-corrected chi connectivity index (χ4v) is 6.89. The van der Waals surface area contributed by atoms with Crippen LogP contribution in [0.4, 0.5) is 27.2 Å². The summed E-state index contributed by atoms with van der Waals surface area (Å²) in [6, 6.07) is 11.9. The molecular formula is C39H56F4N6O2. The van der Waals surface area contributed by atoms with Crippen molar-refractivity contribution in [2.24, 2.45) is 17.3 Å². The summed E-state index contributed by atoms with van der Waals surface area (Å²) in [4.78, 5) is 27.0. The number of carbonyl (C=O) groups excluding carboxylic acids is 2. The van der Waals surface area contributed by atoms with Gasteiger partial charge in [-0.25, -0.2) is 27.2 Å². The second-order valence-electron chi connectivity index (χ2n) is 13.8. The Hall–Kier alpha value is -3.96. The fourth-order valence-electron chi connectivity index (χ4n) is 6.89. The predicted octanol–water partition coefficient (Wildman–Crippen LogP) is 9.19. The first-order valence-electron chi connectivity index (χ1n) is 18.3. The van der Waals surface area contributed by atoms with Gasteiger partial charge < -0.3 is 10.6 Å². The topological polar surface area (TPSA) is 112 Å². The number of amides is 4. The Morgan fingerprint density at radius 2 is 1.14 bits per heavy atom. The van der Waals surface area contributed by atoms with Gasteiger partial charge in [0.25, 0.3) is 0 Å². The summed E-state index contributed by atoms with van der Waals surface area (Å²) in [5, 5.41) is 21.6. The maximum Gasteiger partial charge on any atom is 0.322 e. The van der Waals surface area contributed by atoms with E-state index in [1.807, 2.05) is 13.8 Å². The van der Waals surface area contributed by atoms with Gasteiger partial charge >= 0.3 is 12.1 Å². The highest BCUT2D eigenvalue weighted by Gasteiger charge is 2.45. The average molecular weight is 717 g/mol. The predicted molar refractivity (Wildman–Crippen MR) is 194 cm³/mol. The lowest BCUT2D eigenvalue weighted by atomic mass is 9.79. The summed E-state index contributed by atoms with van der Waals surface area (Å²) in [5.74, 6) is -2.61. The van der Waals surface area contributed by atoms with Crippen molar-refractivity contribution in [1.29, 1.82) is 10.8 Å². The number of amidine groups is 2. The standard InChI is InChI=1S/C19H26FN3O.C18H24F3N3O.C2H6/c1-22-18(24)23(13-14-6-8-19(9-7-14)10-11-19)17(21)12-15-4-2-3-5-16(15)20;1-23-17(25)24(11-8-13-6-9-18(20,21)10-7-13)16(22)12-14-4-2-3-5-15(14)19;1-2/h2-5,14,21H,6-13H2,1H3,(H,22,24);2-5,13,22H,6-12H2,1H3,(H,23,25);1-2H3. The number of nitrogens with one attached hydrogen (secondary N) is 4. The molecule has 1 spiro atoms. The van der Waals surface area contributed by atoms with Crippen LogP contribution in [0, 0.1) is 39.7 Å². The van der Waals surface area contributed by atoms with Crippen LogP contribution in [-0.4, -0.2) is 66.6 Å². The van der Waals surface area contributed by atoms with E-state index in [0.29, 0.717) is 48.3 Å². The molecule has 3 aliphatic rings. The molecule has 51 heavy (non-hydrogen) atoms. The lowest BCUT2D eigenvalue weighted by Gasteiger charge is -2.33. The molecule has 0 radical (unpaired) electrons. The number of halogens is 4. The number of benzene rings is 2. The van der Waals surface area contributed by atoms with Crippen molar-refractivity contribution in [3.63, 3.8) is 0 Å². The molecule has 0 heterocycles. The molecule has 3 aliphatic carbocycles. The first-order chi connectivity index (χ1) is 24.3. The van der Waals surface area contributed by atoms with Crippen LogP contribution < -0.4 is 10.6 Å². The van der Waals surface area contributed by atoms with Gasteiger partial charge in [0, 0.05) is 52.9 Å². The van der Waals surface area contributed by atoms with Crippen molar-refractivity contribution in [1.82, 2.24) is 20.4 Å². The highest BCUT2D eigenvalue weighted by Crippen LogP contribution is 2.57. The highest BCUT2D eigenvalue weighted by atomic mass is 19.3. The van der Waals surface area contributed by atoms with Crippen LogP contribution in [0.3, 0.4) is 0 Å². The van der Waals surface area contributed by atoms with E-state index in [4.69, 9.17) is 10.8 Å². The van der Waals surface area contributed by atoms with Crippen molar-refractivity contribution in [3.05, 3.63) is 71.3 Å². The van der Waals surface area contributed by atoms with Crippen LogP contribution in [0.5, 0.6) is 0 Å². The van der Waals surface area contributed by atoms with Crippen LogP contribution in [-0.2, 0) is 12.8 Å². The minimum absolute atomic E-state index is 0.00281. The molecular weight excluding hydrogens is 660 g/mol. The van der Waals surface area contributed by atoms with E-state index in [-0.39, 0.29) is 61.7 Å². The average Bonchev–Trinajstić information content (AvgIpc) is 3.89. The third-order valence-electron chi connectivity index (χ3n) is 10.4. The lowest BCUT2D eigenvalue weighted by molar-refractivity contribution is -0.0467. The molecule has 2 aromatic carbocycles. The number of nitrogens with zero attached hydrogens (tertiary/aromatic N) is 2. The maximum atomic E-state index is 13.8. The van der Waals surface area contributed by atoms with E-state index < -0.39 is 17.8 Å². The van der Waals surface area contributed by atoms with E-state index >= 15 is 0 Å². The summed E-state index contributed by atoms with van der Waals surface area (Å²) in [5.41, 5.74) is 1.42. The quantitative estimate of drug-likeness (QED) is 0.118. The van der Waals surface area contributed by atoms with E-state index in [2.05, 4.69) is 10.6 Å². The van der Waals surface area contributed by atoms with Gasteiger partial charge in [0.15, 0.2) is 0 Å². The van der Waals surface area contributed by atoms with Crippen LogP contribution >= 0.6 is 0 Å². The van der Waals surface area contributed by atoms with Gasteiger partial charge in [-0.2, -0.15) is 0 Å². The van der Waals surface area contributed by atoms with Crippen LogP contribution in [0.2, 0.25) is 0 Å². The third-order valence-corrected chi connectivity index (χ3v) is 10.4. The zero-order valence-electron chi connectivity index (χ0n) is 30.6. The Bertz CT molecular complexity index is 1450. The second kappa shape index (κ2) is 19.6. The van der Waals surface area contributed by atoms with E-state index in [0.717, 1.165) is 12.8 Å². The van der Waals surface area contributed by atoms with Gasteiger partial charge in [-0.15, -0.1) is 0 Å². The molecule has 3 saturated carbocycles. The van der Waals surface area contributed by atoms with E-state index in [1.165, 1.54) is 54.7 Å². The monoisotopic (exact) mass is 716 g/mol. The first-order valence-corrected chi connectivity index (χ1v) is 18.3. The van der Waals surface area contributed by atoms with Crippen LogP contribution in [0.1, 0.15) is 95.6 Å². The molecule has 12 heteroatoms. The first kappa shape index (κ1) is 41.5. The summed E-state index contributed by atoms with van der Waals surface area (Å²) in [7, 11) is 3.04. The molecule has 0 aromatic heterocycles. The Balaban J connectivity index is 0.000000263. The molecule has 0 atom stereocenters. The maximum absolute atomic E-state index is 13.8. The Kier molecular flexibility index (Phi) is 15.9. The summed E-state index contributed by atoms with van der Waals surface area (Å²) < 4.78 is 54.0. The highest BCUT2D eigenvalue weighted by molar-refractivity contribution is 5.97. The van der Waals surface area contributed by atoms with Crippen molar-refractivity contribution in [2.45, 2.75) is 103 Å². The molecule has 3 fully saturated rings. The van der Waals surface area contributed by atoms with Gasteiger partial charge in [-0.05, 0) is 98.3 Å². The zero-order chi connectivity index (χ0) is 37.6. The van der Waals surface area contributed by atoms with Crippen molar-refractivity contribution in [3.8, 4) is 0 Å².